The van der Waals surface area contributed by atoms with E-state index in [2.05, 4.69) is 0 Å². The summed E-state index contributed by atoms with van der Waals surface area (Å²) in [6.45, 7) is 1.52. The zero-order valence-corrected chi connectivity index (χ0v) is 11.7. The molecule has 1 unspecified atom stereocenters. The number of sulfonamides is 1. The fraction of sp³-hybridized carbons (Fsp3) is 0.917. The molecule has 0 bridgehead atoms. The first-order chi connectivity index (χ1) is 8.37. The first kappa shape index (κ1) is 14.0. The standard InChI is InChI=1S/C12H22N2O3S/c1-18(16,17)14-6-2-3-10(8-14)7-11(15)12(9-13)4-5-12/h10H,2-9,13H2,1H3. The second kappa shape index (κ2) is 4.90. The monoisotopic (exact) mass is 274 g/mol. The van der Waals surface area contributed by atoms with Gasteiger partial charge < -0.3 is 5.73 Å². The van der Waals surface area contributed by atoms with Crippen LogP contribution in [0.4, 0.5) is 0 Å². The quantitative estimate of drug-likeness (QED) is 0.784. The molecule has 2 fully saturated rings. The van der Waals surface area contributed by atoms with Crippen LogP contribution in [0.5, 0.6) is 0 Å². The smallest absolute Gasteiger partial charge is 0.211 e. The molecule has 1 atom stereocenters. The minimum atomic E-state index is -3.12. The largest absolute Gasteiger partial charge is 0.329 e. The maximum Gasteiger partial charge on any atom is 0.211 e. The first-order valence-corrected chi connectivity index (χ1v) is 8.41. The van der Waals surface area contributed by atoms with Crippen LogP contribution in [0.2, 0.25) is 0 Å². The van der Waals surface area contributed by atoms with E-state index in [0.29, 0.717) is 26.1 Å². The summed E-state index contributed by atoms with van der Waals surface area (Å²) >= 11 is 0. The summed E-state index contributed by atoms with van der Waals surface area (Å²) in [4.78, 5) is 12.1. The summed E-state index contributed by atoms with van der Waals surface area (Å²) in [5.41, 5.74) is 5.39. The average Bonchev–Trinajstić information content (AvgIpc) is 3.09. The van der Waals surface area contributed by atoms with E-state index in [1.54, 1.807) is 0 Å². The number of carbonyl (C=O) groups excluding carboxylic acids is 1. The molecule has 5 nitrogen and oxygen atoms in total. The van der Waals surface area contributed by atoms with Gasteiger partial charge >= 0.3 is 0 Å². The lowest BCUT2D eigenvalue weighted by molar-refractivity contribution is -0.125. The molecule has 6 heteroatoms. The highest BCUT2D eigenvalue weighted by Gasteiger charge is 2.48. The van der Waals surface area contributed by atoms with Gasteiger partial charge in [-0.1, -0.05) is 0 Å². The maximum atomic E-state index is 12.1. The van der Waals surface area contributed by atoms with Crippen LogP contribution in [-0.4, -0.2) is 44.4 Å². The van der Waals surface area contributed by atoms with Crippen LogP contribution in [-0.2, 0) is 14.8 Å². The van der Waals surface area contributed by atoms with Crippen molar-refractivity contribution < 1.29 is 13.2 Å². The first-order valence-electron chi connectivity index (χ1n) is 6.56. The number of nitrogens with two attached hydrogens (primary N) is 1. The van der Waals surface area contributed by atoms with Crippen molar-refractivity contribution in [3.8, 4) is 0 Å². The number of hydrogen-bond acceptors (Lipinski definition) is 4. The molecule has 2 N–H and O–H groups in total. The molecule has 2 aliphatic rings. The van der Waals surface area contributed by atoms with Crippen molar-refractivity contribution in [1.29, 1.82) is 0 Å². The minimum Gasteiger partial charge on any atom is -0.329 e. The Bertz CT molecular complexity index is 429. The molecular weight excluding hydrogens is 252 g/mol. The molecule has 1 heterocycles. The lowest BCUT2D eigenvalue weighted by atomic mass is 9.88. The molecule has 1 aliphatic carbocycles. The molecular formula is C12H22N2O3S. The summed E-state index contributed by atoms with van der Waals surface area (Å²) in [6.07, 6.45) is 5.33. The SMILES string of the molecule is CS(=O)(=O)N1CCCC(CC(=O)C2(CN)CC2)C1. The van der Waals surface area contributed by atoms with Gasteiger partial charge in [0.15, 0.2) is 0 Å². The van der Waals surface area contributed by atoms with Gasteiger partial charge in [-0.3, -0.25) is 4.79 Å². The number of hydrogen-bond donors (Lipinski definition) is 1. The van der Waals surface area contributed by atoms with Crippen molar-refractivity contribution >= 4 is 15.8 Å². The molecule has 1 aliphatic heterocycles. The van der Waals surface area contributed by atoms with Gasteiger partial charge in [-0.2, -0.15) is 0 Å². The van der Waals surface area contributed by atoms with E-state index >= 15 is 0 Å². The van der Waals surface area contributed by atoms with Crippen molar-refractivity contribution in [1.82, 2.24) is 4.31 Å². The van der Waals surface area contributed by atoms with Gasteiger partial charge in [-0.25, -0.2) is 12.7 Å². The van der Waals surface area contributed by atoms with Crippen LogP contribution in [0.25, 0.3) is 0 Å². The Labute approximate surface area is 109 Å². The Morgan fingerprint density at radius 1 is 1.44 bits per heavy atom. The van der Waals surface area contributed by atoms with Crippen molar-refractivity contribution in [2.75, 3.05) is 25.9 Å². The molecule has 0 radical (unpaired) electrons. The summed E-state index contributed by atoms with van der Waals surface area (Å²) in [5, 5.41) is 0. The number of ketones is 1. The Balaban J connectivity index is 1.92. The maximum absolute atomic E-state index is 12.1. The van der Waals surface area contributed by atoms with Crippen LogP contribution in [0.1, 0.15) is 32.1 Å². The van der Waals surface area contributed by atoms with Crippen molar-refractivity contribution in [3.63, 3.8) is 0 Å². The summed E-state index contributed by atoms with van der Waals surface area (Å²) in [6, 6.07) is 0. The van der Waals surface area contributed by atoms with Gasteiger partial charge in [0.25, 0.3) is 0 Å². The molecule has 18 heavy (non-hydrogen) atoms. The van der Waals surface area contributed by atoms with Crippen LogP contribution in [0, 0.1) is 11.3 Å². The Morgan fingerprint density at radius 3 is 2.61 bits per heavy atom. The third-order valence-corrected chi connectivity index (χ3v) is 5.53. The van der Waals surface area contributed by atoms with Gasteiger partial charge in [0.2, 0.25) is 10.0 Å². The topological polar surface area (TPSA) is 80.5 Å². The van der Waals surface area contributed by atoms with Gasteiger partial charge in [0, 0.05) is 31.5 Å². The van der Waals surface area contributed by atoms with E-state index in [1.807, 2.05) is 0 Å². The van der Waals surface area contributed by atoms with Gasteiger partial charge in [-0.05, 0) is 31.6 Å². The Hall–Kier alpha value is -0.460. The van der Waals surface area contributed by atoms with E-state index in [4.69, 9.17) is 5.73 Å². The summed E-state index contributed by atoms with van der Waals surface area (Å²) < 4.78 is 24.5. The van der Waals surface area contributed by atoms with E-state index < -0.39 is 10.0 Å². The van der Waals surface area contributed by atoms with E-state index in [1.165, 1.54) is 10.6 Å². The molecule has 0 amide bonds. The van der Waals surface area contributed by atoms with Gasteiger partial charge in [-0.15, -0.1) is 0 Å². The van der Waals surface area contributed by atoms with E-state index in [0.717, 1.165) is 25.7 Å². The molecule has 0 aromatic rings. The number of rotatable bonds is 5. The second-order valence-electron chi connectivity index (χ2n) is 5.74. The van der Waals surface area contributed by atoms with Crippen molar-refractivity contribution in [3.05, 3.63) is 0 Å². The molecule has 1 saturated carbocycles. The highest BCUT2D eigenvalue weighted by molar-refractivity contribution is 7.88. The zero-order valence-electron chi connectivity index (χ0n) is 10.9. The summed E-state index contributed by atoms with van der Waals surface area (Å²) in [5.74, 6) is 0.412. The zero-order chi connectivity index (χ0) is 13.4. The highest BCUT2D eigenvalue weighted by Crippen LogP contribution is 2.47. The number of carbonyl (C=O) groups is 1. The predicted molar refractivity (Wildman–Crippen MR) is 69.5 cm³/mol. The fourth-order valence-electron chi connectivity index (χ4n) is 2.72. The molecule has 1 saturated heterocycles. The third-order valence-electron chi connectivity index (χ3n) is 4.26. The Morgan fingerprint density at radius 2 is 2.11 bits per heavy atom. The van der Waals surface area contributed by atoms with E-state index in [9.17, 15) is 13.2 Å². The van der Waals surface area contributed by atoms with Crippen LogP contribution < -0.4 is 5.73 Å². The predicted octanol–water partition coefficient (Wildman–Crippen LogP) is 0.356. The van der Waals surface area contributed by atoms with Crippen molar-refractivity contribution in [2.45, 2.75) is 32.1 Å². The molecule has 0 aromatic heterocycles. The summed E-state index contributed by atoms with van der Waals surface area (Å²) in [7, 11) is -3.12. The second-order valence-corrected chi connectivity index (χ2v) is 7.72. The third kappa shape index (κ3) is 2.92. The number of piperidine rings is 1. The lowest BCUT2D eigenvalue weighted by Crippen LogP contribution is -2.40. The van der Waals surface area contributed by atoms with Gasteiger partial charge in [0.05, 0.1) is 6.26 Å². The molecule has 0 spiro atoms. The van der Waals surface area contributed by atoms with E-state index in [-0.39, 0.29) is 17.1 Å². The van der Waals surface area contributed by atoms with Gasteiger partial charge in [0.1, 0.15) is 5.78 Å². The lowest BCUT2D eigenvalue weighted by Gasteiger charge is -2.31. The minimum absolute atomic E-state index is 0.171. The fourth-order valence-corrected chi connectivity index (χ4v) is 3.66. The number of Topliss-reactive ketones (excluding diaryl/α,β-unsaturated/α-hetero) is 1. The Kier molecular flexibility index (Phi) is 3.80. The van der Waals surface area contributed by atoms with Crippen LogP contribution in [0.15, 0.2) is 0 Å². The molecule has 104 valence electrons. The number of nitrogens with zero attached hydrogens (tertiary/aromatic N) is 1. The molecule has 2 rings (SSSR count). The average molecular weight is 274 g/mol. The molecule has 0 aromatic carbocycles. The van der Waals surface area contributed by atoms with Crippen molar-refractivity contribution in [2.24, 2.45) is 17.1 Å². The van der Waals surface area contributed by atoms with Crippen LogP contribution in [0.3, 0.4) is 0 Å². The highest BCUT2D eigenvalue weighted by atomic mass is 32.2. The normalized spacial score (nSPS) is 28.0. The van der Waals surface area contributed by atoms with Crippen LogP contribution >= 0.6 is 0 Å².